The van der Waals surface area contributed by atoms with Crippen LogP contribution in [0.4, 0.5) is 17.1 Å². The van der Waals surface area contributed by atoms with E-state index in [2.05, 4.69) is 36.0 Å². The van der Waals surface area contributed by atoms with E-state index >= 15 is 0 Å². The fourth-order valence-corrected chi connectivity index (χ4v) is 4.43. The Hall–Kier alpha value is -2.58. The topological polar surface area (TPSA) is 73.0 Å². The number of anilines is 3. The maximum absolute atomic E-state index is 12.6. The second-order valence-corrected chi connectivity index (χ2v) is 10.3. The van der Waals surface area contributed by atoms with Crippen molar-refractivity contribution in [3.63, 3.8) is 0 Å². The summed E-state index contributed by atoms with van der Waals surface area (Å²) < 4.78 is 25.8. The summed E-state index contributed by atoms with van der Waals surface area (Å²) in [5.74, 6) is -0.0384. The Morgan fingerprint density at radius 3 is 2.10 bits per heavy atom. The molecule has 2 aromatic rings. The first-order valence-electron chi connectivity index (χ1n) is 10.5. The SMILES string of the molecule is CC(C)c1ccc(N(CC(=O)Nc2ccc(N3CCN(C)CC3)cc2)S(C)(=O)=O)cc1. The van der Waals surface area contributed by atoms with E-state index in [-0.39, 0.29) is 12.5 Å². The van der Waals surface area contributed by atoms with Crippen molar-refractivity contribution in [1.82, 2.24) is 4.90 Å². The van der Waals surface area contributed by atoms with Crippen LogP contribution in [0.3, 0.4) is 0 Å². The van der Waals surface area contributed by atoms with Crippen LogP contribution in [-0.4, -0.2) is 65.3 Å². The first-order valence-corrected chi connectivity index (χ1v) is 12.4. The zero-order chi connectivity index (χ0) is 22.6. The van der Waals surface area contributed by atoms with Crippen LogP contribution >= 0.6 is 0 Å². The molecule has 31 heavy (non-hydrogen) atoms. The summed E-state index contributed by atoms with van der Waals surface area (Å²) in [5, 5.41) is 2.81. The van der Waals surface area contributed by atoms with E-state index in [9.17, 15) is 13.2 Å². The van der Waals surface area contributed by atoms with E-state index in [1.165, 1.54) is 0 Å². The van der Waals surface area contributed by atoms with Gasteiger partial charge in [-0.15, -0.1) is 0 Å². The van der Waals surface area contributed by atoms with Crippen molar-refractivity contribution in [2.24, 2.45) is 0 Å². The normalized spacial score (nSPS) is 15.2. The number of benzene rings is 2. The molecule has 1 heterocycles. The Labute approximate surface area is 185 Å². The monoisotopic (exact) mass is 444 g/mol. The Kier molecular flexibility index (Phi) is 7.23. The number of sulfonamides is 1. The first-order chi connectivity index (χ1) is 14.6. The van der Waals surface area contributed by atoms with Crippen LogP contribution in [0.15, 0.2) is 48.5 Å². The van der Waals surface area contributed by atoms with E-state index in [1.807, 2.05) is 36.4 Å². The fourth-order valence-electron chi connectivity index (χ4n) is 3.58. The average Bonchev–Trinajstić information content (AvgIpc) is 2.72. The molecule has 0 atom stereocenters. The highest BCUT2D eigenvalue weighted by Crippen LogP contribution is 2.23. The average molecular weight is 445 g/mol. The largest absolute Gasteiger partial charge is 0.369 e. The van der Waals surface area contributed by atoms with Crippen LogP contribution in [-0.2, 0) is 14.8 Å². The molecule has 1 saturated heterocycles. The van der Waals surface area contributed by atoms with Gasteiger partial charge in [0.1, 0.15) is 6.54 Å². The maximum atomic E-state index is 12.6. The number of amides is 1. The van der Waals surface area contributed by atoms with Gasteiger partial charge in [-0.2, -0.15) is 0 Å². The van der Waals surface area contributed by atoms with E-state index in [0.29, 0.717) is 17.3 Å². The molecule has 1 N–H and O–H groups in total. The van der Waals surface area contributed by atoms with Crippen molar-refractivity contribution in [1.29, 1.82) is 0 Å². The van der Waals surface area contributed by atoms with Gasteiger partial charge in [-0.3, -0.25) is 9.10 Å². The zero-order valence-electron chi connectivity index (χ0n) is 18.7. The molecule has 0 aliphatic carbocycles. The van der Waals surface area contributed by atoms with Gasteiger partial charge in [0.25, 0.3) is 0 Å². The molecule has 0 spiro atoms. The molecule has 0 saturated carbocycles. The number of rotatable bonds is 7. The highest BCUT2D eigenvalue weighted by molar-refractivity contribution is 7.92. The van der Waals surface area contributed by atoms with E-state index < -0.39 is 10.0 Å². The smallest absolute Gasteiger partial charge is 0.245 e. The van der Waals surface area contributed by atoms with Crippen LogP contribution in [0.25, 0.3) is 0 Å². The molecule has 168 valence electrons. The molecule has 0 radical (unpaired) electrons. The number of nitrogens with one attached hydrogen (secondary N) is 1. The quantitative estimate of drug-likeness (QED) is 0.711. The minimum absolute atomic E-state index is 0.278. The molecule has 1 aliphatic rings. The number of likely N-dealkylation sites (N-methyl/N-ethyl adjacent to an activating group) is 1. The zero-order valence-corrected chi connectivity index (χ0v) is 19.5. The lowest BCUT2D eigenvalue weighted by Crippen LogP contribution is -2.44. The Morgan fingerprint density at radius 2 is 1.58 bits per heavy atom. The van der Waals surface area contributed by atoms with Crippen molar-refractivity contribution < 1.29 is 13.2 Å². The molecule has 3 rings (SSSR count). The summed E-state index contributed by atoms with van der Waals surface area (Å²) in [4.78, 5) is 17.2. The number of hydrogen-bond acceptors (Lipinski definition) is 5. The van der Waals surface area contributed by atoms with E-state index in [0.717, 1.165) is 48.0 Å². The molecular weight excluding hydrogens is 412 g/mol. The van der Waals surface area contributed by atoms with Crippen LogP contribution in [0.2, 0.25) is 0 Å². The molecule has 0 aromatic heterocycles. The number of carbonyl (C=O) groups excluding carboxylic acids is 1. The van der Waals surface area contributed by atoms with Gasteiger partial charge in [0.15, 0.2) is 0 Å². The van der Waals surface area contributed by atoms with E-state index in [4.69, 9.17) is 0 Å². The highest BCUT2D eigenvalue weighted by atomic mass is 32.2. The second kappa shape index (κ2) is 9.70. The van der Waals surface area contributed by atoms with E-state index in [1.54, 1.807) is 12.1 Å². The first kappa shape index (κ1) is 23.1. The summed E-state index contributed by atoms with van der Waals surface area (Å²) in [6.45, 7) is 7.87. The summed E-state index contributed by atoms with van der Waals surface area (Å²) in [6, 6.07) is 15.0. The van der Waals surface area contributed by atoms with Crippen molar-refractivity contribution in [2.75, 3.05) is 60.5 Å². The molecule has 7 nitrogen and oxygen atoms in total. The molecule has 1 fully saturated rings. The number of carbonyl (C=O) groups is 1. The molecular formula is C23H32N4O3S. The van der Waals surface area contributed by atoms with Crippen LogP contribution in [0.1, 0.15) is 25.3 Å². The Morgan fingerprint density at radius 1 is 1.00 bits per heavy atom. The molecule has 1 aliphatic heterocycles. The summed E-state index contributed by atoms with van der Waals surface area (Å²) >= 11 is 0. The Balaban J connectivity index is 1.65. The lowest BCUT2D eigenvalue weighted by Gasteiger charge is -2.34. The standard InChI is InChI=1S/C23H32N4O3S/c1-18(2)19-5-9-22(10-6-19)27(31(4,29)30)17-23(28)24-20-7-11-21(12-8-20)26-15-13-25(3)14-16-26/h5-12,18H,13-17H2,1-4H3,(H,24,28). The number of piperazine rings is 1. The van der Waals surface area contributed by atoms with Gasteiger partial charge in [-0.05, 0) is 54.9 Å². The summed E-state index contributed by atoms with van der Waals surface area (Å²) in [5.41, 5.74) is 3.36. The predicted octanol–water partition coefficient (Wildman–Crippen LogP) is 2.97. The lowest BCUT2D eigenvalue weighted by atomic mass is 10.0. The predicted molar refractivity (Wildman–Crippen MR) is 128 cm³/mol. The van der Waals surface area contributed by atoms with Gasteiger partial charge in [0.05, 0.1) is 11.9 Å². The summed E-state index contributed by atoms with van der Waals surface area (Å²) in [6.07, 6.45) is 1.11. The lowest BCUT2D eigenvalue weighted by molar-refractivity contribution is -0.114. The molecule has 2 aromatic carbocycles. The third-order valence-electron chi connectivity index (χ3n) is 5.55. The third-order valence-corrected chi connectivity index (χ3v) is 6.70. The summed E-state index contributed by atoms with van der Waals surface area (Å²) in [7, 11) is -1.48. The Bertz CT molecular complexity index is 980. The molecule has 8 heteroatoms. The molecule has 0 bridgehead atoms. The van der Waals surface area contributed by atoms with Gasteiger partial charge >= 0.3 is 0 Å². The third kappa shape index (κ3) is 6.21. The van der Waals surface area contributed by atoms with Gasteiger partial charge in [0.2, 0.25) is 15.9 Å². The maximum Gasteiger partial charge on any atom is 0.245 e. The van der Waals surface area contributed by atoms with Crippen molar-refractivity contribution in [3.05, 3.63) is 54.1 Å². The minimum Gasteiger partial charge on any atom is -0.369 e. The highest BCUT2D eigenvalue weighted by Gasteiger charge is 2.21. The van der Waals surface area contributed by atoms with Crippen LogP contribution < -0.4 is 14.5 Å². The second-order valence-electron chi connectivity index (χ2n) is 8.40. The van der Waals surface area contributed by atoms with Gasteiger partial charge in [-0.25, -0.2) is 8.42 Å². The van der Waals surface area contributed by atoms with Crippen molar-refractivity contribution >= 4 is 33.0 Å². The number of nitrogens with zero attached hydrogens (tertiary/aromatic N) is 3. The molecule has 1 amide bonds. The van der Waals surface area contributed by atoms with Crippen LogP contribution in [0.5, 0.6) is 0 Å². The van der Waals surface area contributed by atoms with Crippen molar-refractivity contribution in [3.8, 4) is 0 Å². The minimum atomic E-state index is -3.60. The number of hydrogen-bond donors (Lipinski definition) is 1. The molecule has 0 unspecified atom stereocenters. The van der Waals surface area contributed by atoms with Crippen molar-refractivity contribution in [2.45, 2.75) is 19.8 Å². The van der Waals surface area contributed by atoms with Crippen LogP contribution in [0, 0.1) is 0 Å². The fraction of sp³-hybridized carbons (Fsp3) is 0.435. The van der Waals surface area contributed by atoms with Gasteiger partial charge in [0, 0.05) is 37.6 Å². The van der Waals surface area contributed by atoms with Gasteiger partial charge in [-0.1, -0.05) is 26.0 Å². The van der Waals surface area contributed by atoms with Gasteiger partial charge < -0.3 is 15.1 Å².